The van der Waals surface area contributed by atoms with Crippen molar-refractivity contribution in [2.75, 3.05) is 59.0 Å². The highest BCUT2D eigenvalue weighted by atomic mass is 16.7. The smallest absolute Gasteiger partial charge is 0.315 e. The van der Waals surface area contributed by atoms with Gasteiger partial charge in [-0.15, -0.1) is 0 Å². The number of aromatic nitrogens is 1. The first-order chi connectivity index (χ1) is 31.5. The Morgan fingerprint density at radius 1 is 0.818 bits per heavy atom. The van der Waals surface area contributed by atoms with Crippen LogP contribution in [0.25, 0.3) is 10.9 Å². The average molecular weight is 918 g/mol. The maximum atomic E-state index is 12.8. The molecule has 1 aromatic heterocycles. The first-order valence-electron chi connectivity index (χ1n) is 23.1. The number of carbonyl (C=O) groups is 6. The van der Waals surface area contributed by atoms with Crippen molar-refractivity contribution < 1.29 is 57.2 Å². The number of nitrogens with one attached hydrogen (secondary N) is 2. The van der Waals surface area contributed by atoms with Gasteiger partial charge in [0.1, 0.15) is 18.5 Å². The minimum Gasteiger partial charge on any atom is -0.494 e. The Labute approximate surface area is 387 Å². The Hall–Kier alpha value is -5.68. The second kappa shape index (κ2) is 22.7. The lowest BCUT2D eigenvalue weighted by Gasteiger charge is -2.47. The van der Waals surface area contributed by atoms with E-state index in [1.165, 1.54) is 34.1 Å². The zero-order chi connectivity index (χ0) is 47.5. The van der Waals surface area contributed by atoms with Crippen molar-refractivity contribution in [1.82, 2.24) is 25.0 Å². The number of amides is 3. The molecule has 3 aliphatic heterocycles. The fraction of sp³-hybridized carbons (Fsp3) is 0.592. The lowest BCUT2D eigenvalue weighted by molar-refractivity contribution is -0.267. The predicted molar refractivity (Wildman–Crippen MR) is 243 cm³/mol. The van der Waals surface area contributed by atoms with Crippen LogP contribution < -0.4 is 15.4 Å². The fourth-order valence-electron chi connectivity index (χ4n) is 9.53. The molecule has 0 bridgehead atoms. The lowest BCUT2D eigenvalue weighted by atomic mass is 9.72. The lowest BCUT2D eigenvalue weighted by Crippen LogP contribution is -2.60. The van der Waals surface area contributed by atoms with Crippen molar-refractivity contribution in [3.63, 3.8) is 0 Å². The van der Waals surface area contributed by atoms with Gasteiger partial charge < -0.3 is 53.4 Å². The van der Waals surface area contributed by atoms with Crippen molar-refractivity contribution in [3.8, 4) is 5.75 Å². The number of benzene rings is 2. The fourth-order valence-corrected chi connectivity index (χ4v) is 9.53. The summed E-state index contributed by atoms with van der Waals surface area (Å²) in [5.41, 5.74) is 3.96. The van der Waals surface area contributed by atoms with Crippen LogP contribution in [0.3, 0.4) is 0 Å². The highest BCUT2D eigenvalue weighted by Gasteiger charge is 2.53. The molecule has 3 aliphatic rings. The normalized spacial score (nSPS) is 21.8. The van der Waals surface area contributed by atoms with Gasteiger partial charge in [0.2, 0.25) is 5.91 Å². The summed E-state index contributed by atoms with van der Waals surface area (Å²) in [4.78, 5) is 78.6. The Morgan fingerprint density at radius 2 is 1.50 bits per heavy atom. The molecule has 17 heteroatoms. The molecule has 66 heavy (non-hydrogen) atoms. The van der Waals surface area contributed by atoms with Gasteiger partial charge in [0.05, 0.1) is 18.7 Å². The molecule has 0 aliphatic carbocycles. The summed E-state index contributed by atoms with van der Waals surface area (Å²) >= 11 is 0. The van der Waals surface area contributed by atoms with Gasteiger partial charge in [-0.3, -0.25) is 24.0 Å². The van der Waals surface area contributed by atoms with E-state index < -0.39 is 54.5 Å². The van der Waals surface area contributed by atoms with Crippen LogP contribution in [0.15, 0.2) is 48.7 Å². The van der Waals surface area contributed by atoms with Gasteiger partial charge in [0.25, 0.3) is 0 Å². The van der Waals surface area contributed by atoms with Crippen molar-refractivity contribution in [3.05, 3.63) is 65.4 Å². The molecule has 0 unspecified atom stereocenters. The number of likely N-dealkylation sites (tertiary alicyclic amines) is 2. The van der Waals surface area contributed by atoms with Gasteiger partial charge in [-0.05, 0) is 98.2 Å². The molecule has 17 nitrogen and oxygen atoms in total. The van der Waals surface area contributed by atoms with E-state index in [4.69, 9.17) is 28.4 Å². The van der Waals surface area contributed by atoms with E-state index in [-0.39, 0.29) is 30.5 Å². The average Bonchev–Trinajstić information content (AvgIpc) is 3.63. The summed E-state index contributed by atoms with van der Waals surface area (Å²) < 4.78 is 37.0. The third kappa shape index (κ3) is 13.2. The number of carbonyl (C=O) groups excluding carboxylic acids is 6. The van der Waals surface area contributed by atoms with E-state index >= 15 is 0 Å². The van der Waals surface area contributed by atoms with E-state index in [1.54, 1.807) is 0 Å². The van der Waals surface area contributed by atoms with E-state index in [2.05, 4.69) is 15.5 Å². The van der Waals surface area contributed by atoms with Gasteiger partial charge in [0.15, 0.2) is 24.5 Å². The summed E-state index contributed by atoms with van der Waals surface area (Å²) in [7, 11) is 0. The molecule has 2 N–H and O–H groups in total. The molecular weight excluding hydrogens is 851 g/mol. The topological polar surface area (TPSA) is 193 Å². The van der Waals surface area contributed by atoms with Gasteiger partial charge >= 0.3 is 29.9 Å². The molecule has 3 amide bonds. The zero-order valence-electron chi connectivity index (χ0n) is 39.4. The third-order valence-corrected chi connectivity index (χ3v) is 12.6. The van der Waals surface area contributed by atoms with Crippen molar-refractivity contribution in [2.24, 2.45) is 11.3 Å². The maximum Gasteiger partial charge on any atom is 0.315 e. The molecule has 2 aromatic carbocycles. The summed E-state index contributed by atoms with van der Waals surface area (Å²) in [6.07, 6.45) is 1.61. The van der Waals surface area contributed by atoms with Crippen LogP contribution in [0.4, 0.5) is 4.79 Å². The number of aryl methyl sites for hydroxylation is 1. The molecule has 360 valence electrons. The highest BCUT2D eigenvalue weighted by molar-refractivity contribution is 5.88. The van der Waals surface area contributed by atoms with Crippen molar-refractivity contribution >= 4 is 46.7 Å². The van der Waals surface area contributed by atoms with Crippen molar-refractivity contribution in [2.45, 2.75) is 118 Å². The van der Waals surface area contributed by atoms with Crippen LogP contribution in [0.2, 0.25) is 0 Å². The Balaban J connectivity index is 1.07. The van der Waals surface area contributed by atoms with Crippen LogP contribution in [0.1, 0.15) is 96.6 Å². The zero-order valence-corrected chi connectivity index (χ0v) is 39.4. The molecule has 4 heterocycles. The minimum atomic E-state index is -1.29. The molecule has 1 spiro atoms. The Bertz CT molecular complexity index is 2180. The van der Waals surface area contributed by atoms with Crippen LogP contribution in [0, 0.1) is 18.3 Å². The van der Waals surface area contributed by atoms with Gasteiger partial charge in [-0.25, -0.2) is 4.79 Å². The van der Waals surface area contributed by atoms with E-state index in [0.717, 1.165) is 78.7 Å². The van der Waals surface area contributed by atoms with E-state index in [9.17, 15) is 28.8 Å². The quantitative estimate of drug-likeness (QED) is 0.102. The molecule has 6 rings (SSSR count). The number of hydrogen-bond donors (Lipinski definition) is 2. The number of nitrogens with zero attached hydrogens (tertiary/aromatic N) is 3. The first kappa shape index (κ1) is 49.7. The molecule has 3 fully saturated rings. The highest BCUT2D eigenvalue weighted by Crippen LogP contribution is 2.41. The summed E-state index contributed by atoms with van der Waals surface area (Å²) in [6.45, 7) is 16.2. The summed E-state index contributed by atoms with van der Waals surface area (Å²) in [5.74, 6) is -1.57. The molecule has 3 saturated heterocycles. The number of esters is 4. The Kier molecular flexibility index (Phi) is 17.1. The first-order valence-corrected chi connectivity index (χ1v) is 23.1. The van der Waals surface area contributed by atoms with Gasteiger partial charge in [-0.1, -0.05) is 38.1 Å². The predicted octanol–water partition coefficient (Wildman–Crippen LogP) is 5.22. The third-order valence-electron chi connectivity index (χ3n) is 12.6. The van der Waals surface area contributed by atoms with Crippen LogP contribution in [-0.4, -0.2) is 134 Å². The van der Waals surface area contributed by atoms with E-state index in [1.807, 2.05) is 78.9 Å². The Morgan fingerprint density at radius 3 is 2.17 bits per heavy atom. The monoisotopic (exact) mass is 917 g/mol. The van der Waals surface area contributed by atoms with Gasteiger partial charge in [-0.2, -0.15) is 0 Å². The molecule has 5 atom stereocenters. The maximum absolute atomic E-state index is 12.8. The van der Waals surface area contributed by atoms with Crippen LogP contribution >= 0.6 is 0 Å². The molecular formula is C49H67N5O12. The second-order valence-electron chi connectivity index (χ2n) is 18.4. The minimum absolute atomic E-state index is 0.0142. The number of ether oxygens (including phenoxy) is 6. The summed E-state index contributed by atoms with van der Waals surface area (Å²) in [6, 6.07) is 13.5. The van der Waals surface area contributed by atoms with Gasteiger partial charge in [0, 0.05) is 72.0 Å². The number of piperidine rings is 2. The number of urea groups is 1. The standard InChI is InChI=1S/C49H67N5O12/c1-31(2)26-50-48(60)51-27-42(59)53-22-18-49(19-23-53)17-9-20-52(30-49)21-10-24-61-39-15-13-37(14-16-39)25-38-28-54(40-12-8-11-32(3)43(38)40)47-46(65-36(7)58)45(64-35(6)57)44(63-34(5)56)41(66-47)29-62-33(4)55/h8,11-16,28,31,41,44-47H,9-10,17-27,29-30H2,1-7H3,(H2,50,51,60)/t41-,44-,45+,46-,47-/m1/s1. The number of hydrogen-bond acceptors (Lipinski definition) is 13. The van der Waals surface area contributed by atoms with Crippen LogP contribution in [0.5, 0.6) is 5.75 Å². The molecule has 0 saturated carbocycles. The number of rotatable bonds is 17. The largest absolute Gasteiger partial charge is 0.494 e. The molecule has 0 radical (unpaired) electrons. The number of fused-ring (bicyclic) bond motifs is 1. The summed E-state index contributed by atoms with van der Waals surface area (Å²) in [5, 5.41) is 6.45. The van der Waals surface area contributed by atoms with Crippen LogP contribution in [-0.2, 0) is 54.1 Å². The SMILES string of the molecule is CC(=O)OC[C@H]1O[C@@H](n2cc(Cc3ccc(OCCCN4CCCC5(CCN(C(=O)CNC(=O)NCC(C)C)CC5)C4)cc3)c3c(C)cccc32)[C@H](OC(C)=O)[C@@H](OC(C)=O)[C@@H]1OC(C)=O. The second-order valence-corrected chi connectivity index (χ2v) is 18.4. The van der Waals surface area contributed by atoms with Crippen molar-refractivity contribution in [1.29, 1.82) is 0 Å². The molecule has 3 aromatic rings. The van der Waals surface area contributed by atoms with E-state index in [0.29, 0.717) is 38.6 Å².